The van der Waals surface area contributed by atoms with Crippen molar-refractivity contribution < 1.29 is 4.84 Å². The van der Waals surface area contributed by atoms with E-state index in [-0.39, 0.29) is 0 Å². The molecule has 0 aliphatic carbocycles. The van der Waals surface area contributed by atoms with Gasteiger partial charge in [0.05, 0.1) is 0 Å². The van der Waals surface area contributed by atoms with Crippen molar-refractivity contribution in [3.8, 4) is 0 Å². The average molecular weight is 165 g/mol. The molecule has 0 saturated carbocycles. The fourth-order valence-electron chi connectivity index (χ4n) is 0.861. The fourth-order valence-corrected chi connectivity index (χ4v) is 0.861. The van der Waals surface area contributed by atoms with E-state index in [4.69, 9.17) is 5.73 Å². The van der Waals surface area contributed by atoms with Crippen molar-refractivity contribution in [1.29, 1.82) is 0 Å². The van der Waals surface area contributed by atoms with Crippen LogP contribution in [0.5, 0.6) is 0 Å². The maximum atomic E-state index is 5.51. The lowest BCUT2D eigenvalue weighted by molar-refractivity contribution is 0.212. The van der Waals surface area contributed by atoms with Crippen LogP contribution in [0.1, 0.15) is 5.56 Å². The molecule has 1 heterocycles. The molecular formula is C8H11N3O. The molecule has 4 nitrogen and oxygen atoms in total. The molecule has 0 bridgehead atoms. The molecule has 0 amide bonds. The van der Waals surface area contributed by atoms with Gasteiger partial charge in [-0.05, 0) is 11.6 Å². The van der Waals surface area contributed by atoms with Crippen LogP contribution in [-0.4, -0.2) is 17.9 Å². The van der Waals surface area contributed by atoms with Crippen molar-refractivity contribution in [2.75, 3.05) is 7.11 Å². The molecule has 1 aromatic heterocycles. The summed E-state index contributed by atoms with van der Waals surface area (Å²) in [6.07, 6.45) is 4.03. The normalized spacial score (nSPS) is 11.2. The Kier molecular flexibility index (Phi) is 3.07. The van der Waals surface area contributed by atoms with Gasteiger partial charge in [0.2, 0.25) is 0 Å². The molecule has 0 aliphatic rings. The molecule has 12 heavy (non-hydrogen) atoms. The van der Waals surface area contributed by atoms with Gasteiger partial charge in [-0.15, -0.1) is 0 Å². The van der Waals surface area contributed by atoms with Gasteiger partial charge in [0, 0.05) is 18.8 Å². The molecule has 0 unspecified atom stereocenters. The highest BCUT2D eigenvalue weighted by Gasteiger charge is 1.95. The van der Waals surface area contributed by atoms with Crippen LogP contribution in [0, 0.1) is 0 Å². The molecule has 4 heteroatoms. The van der Waals surface area contributed by atoms with Crippen molar-refractivity contribution >= 4 is 5.84 Å². The number of amidine groups is 1. The van der Waals surface area contributed by atoms with E-state index in [1.807, 2.05) is 12.1 Å². The van der Waals surface area contributed by atoms with Crippen LogP contribution < -0.4 is 5.73 Å². The lowest BCUT2D eigenvalue weighted by Gasteiger charge is -1.98. The van der Waals surface area contributed by atoms with E-state index in [1.165, 1.54) is 7.11 Å². The monoisotopic (exact) mass is 165 g/mol. The minimum absolute atomic E-state index is 0.450. The van der Waals surface area contributed by atoms with Gasteiger partial charge < -0.3 is 10.6 Å². The molecule has 0 aromatic carbocycles. The minimum Gasteiger partial charge on any atom is -0.398 e. The van der Waals surface area contributed by atoms with E-state index in [0.717, 1.165) is 5.56 Å². The summed E-state index contributed by atoms with van der Waals surface area (Å²) in [5, 5.41) is 3.59. The Morgan fingerprint density at radius 1 is 1.75 bits per heavy atom. The second-order valence-corrected chi connectivity index (χ2v) is 2.30. The molecule has 0 aliphatic heterocycles. The first-order valence-corrected chi connectivity index (χ1v) is 3.57. The first kappa shape index (κ1) is 8.52. The summed E-state index contributed by atoms with van der Waals surface area (Å²) >= 11 is 0. The molecule has 2 N–H and O–H groups in total. The summed E-state index contributed by atoms with van der Waals surface area (Å²) in [7, 11) is 1.47. The minimum atomic E-state index is 0.450. The number of hydrogen-bond acceptors (Lipinski definition) is 3. The van der Waals surface area contributed by atoms with E-state index in [9.17, 15) is 0 Å². The molecule has 1 aromatic rings. The topological polar surface area (TPSA) is 60.5 Å². The summed E-state index contributed by atoms with van der Waals surface area (Å²) < 4.78 is 0. The zero-order chi connectivity index (χ0) is 8.81. The zero-order valence-corrected chi connectivity index (χ0v) is 6.90. The summed E-state index contributed by atoms with van der Waals surface area (Å²) in [6, 6.07) is 3.79. The van der Waals surface area contributed by atoms with E-state index in [1.54, 1.807) is 12.4 Å². The Balaban J connectivity index is 2.58. The van der Waals surface area contributed by atoms with Crippen LogP contribution in [0.25, 0.3) is 0 Å². The Hall–Kier alpha value is -1.58. The average Bonchev–Trinajstić information content (AvgIpc) is 2.06. The van der Waals surface area contributed by atoms with Crippen molar-refractivity contribution in [1.82, 2.24) is 4.98 Å². The first-order chi connectivity index (χ1) is 5.83. The van der Waals surface area contributed by atoms with Crippen LogP contribution in [0.2, 0.25) is 0 Å². The number of hydrogen-bond donors (Lipinski definition) is 1. The van der Waals surface area contributed by atoms with Crippen LogP contribution in [-0.2, 0) is 11.3 Å². The van der Waals surface area contributed by atoms with Crippen molar-refractivity contribution in [2.45, 2.75) is 6.42 Å². The van der Waals surface area contributed by atoms with Crippen LogP contribution in [0.3, 0.4) is 0 Å². The Morgan fingerprint density at radius 2 is 2.58 bits per heavy atom. The van der Waals surface area contributed by atoms with Gasteiger partial charge in [-0.2, -0.15) is 0 Å². The third-order valence-corrected chi connectivity index (χ3v) is 1.32. The Bertz CT molecular complexity index is 258. The predicted molar refractivity (Wildman–Crippen MR) is 46.6 cm³/mol. The smallest absolute Gasteiger partial charge is 0.143 e. The highest BCUT2D eigenvalue weighted by molar-refractivity contribution is 5.81. The van der Waals surface area contributed by atoms with Crippen LogP contribution in [0.15, 0.2) is 29.7 Å². The third kappa shape index (κ3) is 2.57. The number of rotatable bonds is 3. The maximum absolute atomic E-state index is 5.51. The molecule has 1 rings (SSSR count). The number of pyridine rings is 1. The van der Waals surface area contributed by atoms with Gasteiger partial charge in [-0.1, -0.05) is 11.2 Å². The van der Waals surface area contributed by atoms with Crippen LogP contribution >= 0.6 is 0 Å². The van der Waals surface area contributed by atoms with Gasteiger partial charge in [0.1, 0.15) is 12.9 Å². The summed E-state index contributed by atoms with van der Waals surface area (Å²) in [6.45, 7) is 0. The Labute approximate surface area is 71.0 Å². The largest absolute Gasteiger partial charge is 0.398 e. The van der Waals surface area contributed by atoms with E-state index >= 15 is 0 Å². The highest BCUT2D eigenvalue weighted by atomic mass is 16.6. The van der Waals surface area contributed by atoms with Gasteiger partial charge in [-0.3, -0.25) is 4.98 Å². The number of nitrogens with zero attached hydrogens (tertiary/aromatic N) is 2. The highest BCUT2D eigenvalue weighted by Crippen LogP contribution is 1.96. The summed E-state index contributed by atoms with van der Waals surface area (Å²) in [4.78, 5) is 8.46. The lowest BCUT2D eigenvalue weighted by Crippen LogP contribution is -2.15. The molecular weight excluding hydrogens is 154 g/mol. The second-order valence-electron chi connectivity index (χ2n) is 2.30. The standard InChI is InChI=1S/C8H11N3O/c1-12-11-8(9)5-7-3-2-4-10-6-7/h2-4,6H,5H2,1H3,(H2,9,11). The van der Waals surface area contributed by atoms with Gasteiger partial charge in [-0.25, -0.2) is 0 Å². The molecule has 0 radical (unpaired) electrons. The molecule has 0 saturated heterocycles. The van der Waals surface area contributed by atoms with Gasteiger partial charge in [0.15, 0.2) is 0 Å². The van der Waals surface area contributed by atoms with Crippen molar-refractivity contribution in [3.63, 3.8) is 0 Å². The number of nitrogens with two attached hydrogens (primary N) is 1. The van der Waals surface area contributed by atoms with E-state index < -0.39 is 0 Å². The second kappa shape index (κ2) is 4.33. The number of aromatic nitrogens is 1. The molecule has 0 fully saturated rings. The van der Waals surface area contributed by atoms with Crippen LogP contribution in [0.4, 0.5) is 0 Å². The SMILES string of the molecule is CO/N=C(/N)Cc1cccnc1. The van der Waals surface area contributed by atoms with Gasteiger partial charge >= 0.3 is 0 Å². The van der Waals surface area contributed by atoms with Crippen molar-refractivity contribution in [2.24, 2.45) is 10.9 Å². The van der Waals surface area contributed by atoms with E-state index in [0.29, 0.717) is 12.3 Å². The lowest BCUT2D eigenvalue weighted by atomic mass is 10.2. The summed E-state index contributed by atoms with van der Waals surface area (Å²) in [5.74, 6) is 0.450. The van der Waals surface area contributed by atoms with Crippen molar-refractivity contribution in [3.05, 3.63) is 30.1 Å². The fraction of sp³-hybridized carbons (Fsp3) is 0.250. The molecule has 64 valence electrons. The molecule has 0 spiro atoms. The Morgan fingerprint density at radius 3 is 3.17 bits per heavy atom. The summed E-state index contributed by atoms with van der Waals surface area (Å²) in [5.41, 5.74) is 6.54. The predicted octanol–water partition coefficient (Wildman–Crippen LogP) is 0.543. The van der Waals surface area contributed by atoms with Gasteiger partial charge in [0.25, 0.3) is 0 Å². The third-order valence-electron chi connectivity index (χ3n) is 1.32. The number of oxime groups is 1. The molecule has 0 atom stereocenters. The quantitative estimate of drug-likeness (QED) is 0.404. The van der Waals surface area contributed by atoms with E-state index in [2.05, 4.69) is 15.0 Å². The zero-order valence-electron chi connectivity index (χ0n) is 6.90. The maximum Gasteiger partial charge on any atom is 0.143 e. The first-order valence-electron chi connectivity index (χ1n) is 3.57.